The van der Waals surface area contributed by atoms with Crippen LogP contribution >= 0.6 is 0 Å². The molecule has 6 heteroatoms. The smallest absolute Gasteiger partial charge is 0.247 e. The lowest BCUT2D eigenvalue weighted by atomic mass is 10.1. The highest BCUT2D eigenvalue weighted by Gasteiger charge is 2.23. The summed E-state index contributed by atoms with van der Waals surface area (Å²) < 4.78 is 5.67. The lowest BCUT2D eigenvalue weighted by molar-refractivity contribution is -0.118. The average Bonchev–Trinajstić information content (AvgIpc) is 3.15. The summed E-state index contributed by atoms with van der Waals surface area (Å²) >= 11 is 0. The van der Waals surface area contributed by atoms with Gasteiger partial charge in [0.15, 0.2) is 0 Å². The SMILES string of the molecule is O=C(CCc1nnc(-c2ccccc2)o1)N1CCCc2ncccc21. The fourth-order valence-corrected chi connectivity index (χ4v) is 3.05. The van der Waals surface area contributed by atoms with Crippen molar-refractivity contribution in [2.24, 2.45) is 0 Å². The van der Waals surface area contributed by atoms with Crippen LogP contribution in [0.5, 0.6) is 0 Å². The van der Waals surface area contributed by atoms with E-state index in [1.807, 2.05) is 47.4 Å². The molecule has 0 saturated carbocycles. The highest BCUT2D eigenvalue weighted by Crippen LogP contribution is 2.26. The molecule has 1 aliphatic heterocycles. The molecule has 0 saturated heterocycles. The molecule has 0 aliphatic carbocycles. The average molecular weight is 334 g/mol. The topological polar surface area (TPSA) is 72.1 Å². The normalized spacial score (nSPS) is 13.5. The molecule has 126 valence electrons. The van der Waals surface area contributed by atoms with Gasteiger partial charge in [0.2, 0.25) is 17.7 Å². The van der Waals surface area contributed by atoms with Crippen LogP contribution in [0.2, 0.25) is 0 Å². The molecule has 0 unspecified atom stereocenters. The number of carbonyl (C=O) groups excluding carboxylic acids is 1. The Morgan fingerprint density at radius 3 is 2.88 bits per heavy atom. The zero-order valence-electron chi connectivity index (χ0n) is 13.8. The third-order valence-electron chi connectivity index (χ3n) is 4.29. The van der Waals surface area contributed by atoms with Gasteiger partial charge in [0.1, 0.15) is 0 Å². The van der Waals surface area contributed by atoms with Crippen LogP contribution in [0.3, 0.4) is 0 Å². The molecule has 25 heavy (non-hydrogen) atoms. The number of hydrogen-bond donors (Lipinski definition) is 0. The highest BCUT2D eigenvalue weighted by molar-refractivity contribution is 5.94. The molecule has 4 rings (SSSR count). The summed E-state index contributed by atoms with van der Waals surface area (Å²) in [6, 6.07) is 13.4. The van der Waals surface area contributed by atoms with Gasteiger partial charge >= 0.3 is 0 Å². The Bertz CT molecular complexity index is 876. The lowest BCUT2D eigenvalue weighted by Gasteiger charge is -2.28. The molecule has 0 radical (unpaired) electrons. The lowest BCUT2D eigenvalue weighted by Crippen LogP contribution is -2.35. The van der Waals surface area contributed by atoms with Crippen molar-refractivity contribution >= 4 is 11.6 Å². The van der Waals surface area contributed by atoms with E-state index in [4.69, 9.17) is 4.42 Å². The summed E-state index contributed by atoms with van der Waals surface area (Å²) in [6.07, 6.45) is 4.41. The molecule has 1 aromatic carbocycles. The molecule has 0 bridgehead atoms. The fourth-order valence-electron chi connectivity index (χ4n) is 3.05. The number of carbonyl (C=O) groups is 1. The monoisotopic (exact) mass is 334 g/mol. The molecule has 0 N–H and O–H groups in total. The number of anilines is 1. The second-order valence-electron chi connectivity index (χ2n) is 5.99. The number of aromatic nitrogens is 3. The number of amides is 1. The van der Waals surface area contributed by atoms with Crippen LogP contribution in [0.25, 0.3) is 11.5 Å². The summed E-state index contributed by atoms with van der Waals surface area (Å²) in [6.45, 7) is 0.733. The number of hydrogen-bond acceptors (Lipinski definition) is 5. The van der Waals surface area contributed by atoms with E-state index in [0.29, 0.717) is 24.6 Å². The van der Waals surface area contributed by atoms with Gasteiger partial charge in [0, 0.05) is 31.1 Å². The van der Waals surface area contributed by atoms with E-state index in [1.165, 1.54) is 0 Å². The van der Waals surface area contributed by atoms with E-state index in [0.717, 1.165) is 36.3 Å². The van der Waals surface area contributed by atoms with Crippen molar-refractivity contribution < 1.29 is 9.21 Å². The zero-order valence-corrected chi connectivity index (χ0v) is 13.8. The minimum Gasteiger partial charge on any atom is -0.421 e. The number of pyridine rings is 1. The van der Waals surface area contributed by atoms with Gasteiger partial charge in [-0.25, -0.2) is 0 Å². The Balaban J connectivity index is 1.42. The van der Waals surface area contributed by atoms with Gasteiger partial charge in [0.05, 0.1) is 11.4 Å². The number of fused-ring (bicyclic) bond motifs is 1. The van der Waals surface area contributed by atoms with Gasteiger partial charge in [-0.15, -0.1) is 10.2 Å². The molecule has 2 aromatic heterocycles. The van der Waals surface area contributed by atoms with E-state index in [2.05, 4.69) is 15.2 Å². The van der Waals surface area contributed by atoms with Crippen LogP contribution in [0, 0.1) is 0 Å². The quantitative estimate of drug-likeness (QED) is 0.733. The first-order chi connectivity index (χ1) is 12.3. The molecule has 1 aliphatic rings. The minimum atomic E-state index is 0.0633. The molecular weight excluding hydrogens is 316 g/mol. The fraction of sp³-hybridized carbons (Fsp3) is 0.263. The molecule has 6 nitrogen and oxygen atoms in total. The molecule has 0 atom stereocenters. The van der Waals surface area contributed by atoms with Crippen molar-refractivity contribution in [2.75, 3.05) is 11.4 Å². The van der Waals surface area contributed by atoms with E-state index >= 15 is 0 Å². The molecule has 0 spiro atoms. The van der Waals surface area contributed by atoms with Crippen molar-refractivity contribution in [1.82, 2.24) is 15.2 Å². The first-order valence-electron chi connectivity index (χ1n) is 8.43. The Morgan fingerprint density at radius 1 is 1.12 bits per heavy atom. The van der Waals surface area contributed by atoms with Crippen LogP contribution in [0.1, 0.15) is 24.4 Å². The van der Waals surface area contributed by atoms with E-state index in [9.17, 15) is 4.79 Å². The first-order valence-corrected chi connectivity index (χ1v) is 8.43. The largest absolute Gasteiger partial charge is 0.421 e. The van der Waals surface area contributed by atoms with Gasteiger partial charge in [-0.1, -0.05) is 18.2 Å². The van der Waals surface area contributed by atoms with Crippen molar-refractivity contribution in [2.45, 2.75) is 25.7 Å². The maximum atomic E-state index is 12.6. The Kier molecular flexibility index (Phi) is 4.24. The van der Waals surface area contributed by atoms with E-state index < -0.39 is 0 Å². The van der Waals surface area contributed by atoms with Crippen LogP contribution in [-0.4, -0.2) is 27.6 Å². The number of aryl methyl sites for hydroxylation is 2. The van der Waals surface area contributed by atoms with Gasteiger partial charge < -0.3 is 9.32 Å². The summed E-state index contributed by atoms with van der Waals surface area (Å²) in [5.41, 5.74) is 2.80. The van der Waals surface area contributed by atoms with Crippen molar-refractivity contribution in [3.8, 4) is 11.5 Å². The molecule has 0 fully saturated rings. The number of benzene rings is 1. The second kappa shape index (κ2) is 6.84. The van der Waals surface area contributed by atoms with E-state index in [-0.39, 0.29) is 5.91 Å². The summed E-state index contributed by atoms with van der Waals surface area (Å²) in [4.78, 5) is 18.8. The number of rotatable bonds is 4. The van der Waals surface area contributed by atoms with Crippen LogP contribution < -0.4 is 4.90 Å². The summed E-state index contributed by atoms with van der Waals surface area (Å²) in [7, 11) is 0. The predicted molar refractivity (Wildman–Crippen MR) is 93.0 cm³/mol. The maximum Gasteiger partial charge on any atom is 0.247 e. The first kappa shape index (κ1) is 15.5. The number of nitrogens with zero attached hydrogens (tertiary/aromatic N) is 4. The zero-order chi connectivity index (χ0) is 17.1. The van der Waals surface area contributed by atoms with Gasteiger partial charge in [-0.3, -0.25) is 9.78 Å². The molecule has 3 heterocycles. The van der Waals surface area contributed by atoms with Gasteiger partial charge in [-0.05, 0) is 37.1 Å². The van der Waals surface area contributed by atoms with Gasteiger partial charge in [0.25, 0.3) is 0 Å². The Labute approximate surface area is 145 Å². The third kappa shape index (κ3) is 3.28. The standard InChI is InChI=1S/C19H18N4O2/c24-18(23-13-5-8-15-16(23)9-4-12-20-15)11-10-17-21-22-19(25-17)14-6-2-1-3-7-14/h1-4,6-7,9,12H,5,8,10-11,13H2. The Hall–Kier alpha value is -3.02. The van der Waals surface area contributed by atoms with E-state index in [1.54, 1.807) is 6.20 Å². The highest BCUT2D eigenvalue weighted by atomic mass is 16.4. The van der Waals surface area contributed by atoms with Crippen LogP contribution in [0.15, 0.2) is 53.1 Å². The molecular formula is C19H18N4O2. The Morgan fingerprint density at radius 2 is 2.00 bits per heavy atom. The third-order valence-corrected chi connectivity index (χ3v) is 4.29. The maximum absolute atomic E-state index is 12.6. The predicted octanol–water partition coefficient (Wildman–Crippen LogP) is 3.04. The minimum absolute atomic E-state index is 0.0633. The van der Waals surface area contributed by atoms with Crippen molar-refractivity contribution in [1.29, 1.82) is 0 Å². The second-order valence-corrected chi connectivity index (χ2v) is 5.99. The van der Waals surface area contributed by atoms with Gasteiger partial charge in [-0.2, -0.15) is 0 Å². The molecule has 3 aromatic rings. The van der Waals surface area contributed by atoms with Crippen molar-refractivity contribution in [3.05, 3.63) is 60.2 Å². The van der Waals surface area contributed by atoms with Crippen LogP contribution in [0.4, 0.5) is 5.69 Å². The van der Waals surface area contributed by atoms with Crippen LogP contribution in [-0.2, 0) is 17.6 Å². The summed E-state index contributed by atoms with van der Waals surface area (Å²) in [5, 5.41) is 8.12. The summed E-state index contributed by atoms with van der Waals surface area (Å²) in [5.74, 6) is 1.03. The molecule has 1 amide bonds. The van der Waals surface area contributed by atoms with Crippen molar-refractivity contribution in [3.63, 3.8) is 0 Å².